The van der Waals surface area contributed by atoms with Crippen molar-refractivity contribution >= 4 is 17.7 Å². The predicted octanol–water partition coefficient (Wildman–Crippen LogP) is -1.43. The Morgan fingerprint density at radius 3 is 2.00 bits per heavy atom. The van der Waals surface area contributed by atoms with Crippen molar-refractivity contribution in [1.82, 2.24) is 20.9 Å². The third kappa shape index (κ3) is 4.41. The fourth-order valence-electron chi connectivity index (χ4n) is 3.46. The molecule has 0 saturated carbocycles. The second-order valence-corrected chi connectivity index (χ2v) is 9.44. The second kappa shape index (κ2) is 7.03. The first-order valence-electron chi connectivity index (χ1n) is 9.19. The summed E-state index contributed by atoms with van der Waals surface area (Å²) in [7, 11) is 1.53. The molecule has 3 amide bonds. The van der Waals surface area contributed by atoms with Crippen LogP contribution in [0.4, 0.5) is 0 Å². The summed E-state index contributed by atoms with van der Waals surface area (Å²) >= 11 is 0. The number of carbonyl (C=O) groups excluding carboxylic acids is 3. The zero-order valence-electron chi connectivity index (χ0n) is 17.2. The van der Waals surface area contributed by atoms with Crippen molar-refractivity contribution < 1.29 is 19.1 Å². The van der Waals surface area contributed by atoms with Crippen molar-refractivity contribution in [3.8, 4) is 0 Å². The van der Waals surface area contributed by atoms with Gasteiger partial charge in [0.25, 0.3) is 5.91 Å². The van der Waals surface area contributed by atoms with E-state index in [0.717, 1.165) is 0 Å². The Morgan fingerprint density at radius 1 is 1.07 bits per heavy atom. The van der Waals surface area contributed by atoms with E-state index in [0.29, 0.717) is 19.6 Å². The molecule has 27 heavy (non-hydrogen) atoms. The zero-order chi connectivity index (χ0) is 20.7. The van der Waals surface area contributed by atoms with Gasteiger partial charge in [-0.3, -0.25) is 19.3 Å². The summed E-state index contributed by atoms with van der Waals surface area (Å²) in [6.07, 6.45) is 0. The molecule has 2 fully saturated rings. The summed E-state index contributed by atoms with van der Waals surface area (Å²) in [4.78, 5) is 38.9. The van der Waals surface area contributed by atoms with Crippen molar-refractivity contribution in [3.05, 3.63) is 0 Å². The molecule has 0 unspecified atom stereocenters. The fraction of sp³-hybridized carbons (Fsp3) is 0.833. The van der Waals surface area contributed by atoms with Crippen molar-refractivity contribution in [2.24, 2.45) is 11.1 Å². The molecule has 2 rings (SSSR count). The molecule has 2 heterocycles. The Kier molecular flexibility index (Phi) is 5.62. The molecule has 0 bridgehead atoms. The lowest BCUT2D eigenvalue weighted by atomic mass is 9.79. The maximum atomic E-state index is 12.6. The molecule has 0 aromatic heterocycles. The highest BCUT2D eigenvalue weighted by Crippen LogP contribution is 2.28. The summed E-state index contributed by atoms with van der Waals surface area (Å²) in [5.41, 5.74) is 2.45. The molecule has 154 valence electrons. The number of hydrogen-bond acceptors (Lipinski definition) is 6. The molecule has 5 N–H and O–H groups in total. The Balaban J connectivity index is 1.93. The van der Waals surface area contributed by atoms with Gasteiger partial charge >= 0.3 is 0 Å². The van der Waals surface area contributed by atoms with Crippen LogP contribution in [0.15, 0.2) is 0 Å². The molecule has 2 saturated heterocycles. The number of nitrogens with one attached hydrogen (secondary N) is 3. The molecule has 0 aliphatic carbocycles. The van der Waals surface area contributed by atoms with Crippen molar-refractivity contribution in [2.45, 2.75) is 51.3 Å². The van der Waals surface area contributed by atoms with Crippen LogP contribution in [-0.2, 0) is 19.1 Å². The Hall–Kier alpha value is -1.71. The minimum absolute atomic E-state index is 0.135. The highest BCUT2D eigenvalue weighted by Gasteiger charge is 2.53. The maximum Gasteiger partial charge on any atom is 0.255 e. The number of ether oxygens (including phenoxy) is 1. The van der Waals surface area contributed by atoms with E-state index >= 15 is 0 Å². The van der Waals surface area contributed by atoms with Gasteiger partial charge in [-0.15, -0.1) is 0 Å². The lowest BCUT2D eigenvalue weighted by molar-refractivity contribution is -0.170. The van der Waals surface area contributed by atoms with Crippen LogP contribution in [0.3, 0.4) is 0 Å². The first-order valence-corrected chi connectivity index (χ1v) is 9.19. The van der Waals surface area contributed by atoms with Crippen LogP contribution in [0.1, 0.15) is 34.6 Å². The lowest BCUT2D eigenvalue weighted by Gasteiger charge is -2.51. The molecule has 9 heteroatoms. The van der Waals surface area contributed by atoms with E-state index in [4.69, 9.17) is 10.5 Å². The molecule has 2 aliphatic rings. The summed E-state index contributed by atoms with van der Waals surface area (Å²) < 4.78 is 5.51. The number of nitrogens with zero attached hydrogens (tertiary/aromatic N) is 1. The molecular weight excluding hydrogens is 350 g/mol. The van der Waals surface area contributed by atoms with Crippen LogP contribution in [0, 0.1) is 5.41 Å². The maximum absolute atomic E-state index is 12.6. The molecule has 2 aliphatic heterocycles. The molecule has 0 aromatic rings. The van der Waals surface area contributed by atoms with Gasteiger partial charge in [0.1, 0.15) is 0 Å². The van der Waals surface area contributed by atoms with Gasteiger partial charge in [0, 0.05) is 50.9 Å². The number of primary amides is 1. The van der Waals surface area contributed by atoms with Gasteiger partial charge in [0.2, 0.25) is 11.8 Å². The van der Waals surface area contributed by atoms with Crippen molar-refractivity contribution in [2.75, 3.05) is 39.8 Å². The Bertz CT molecular complexity index is 616. The zero-order valence-corrected chi connectivity index (χ0v) is 17.2. The normalized spacial score (nSPS) is 21.6. The number of carbonyl (C=O) groups is 3. The van der Waals surface area contributed by atoms with E-state index in [1.807, 2.05) is 39.5 Å². The smallest absolute Gasteiger partial charge is 0.255 e. The quantitative estimate of drug-likeness (QED) is 0.400. The van der Waals surface area contributed by atoms with Gasteiger partial charge in [-0.25, -0.2) is 0 Å². The van der Waals surface area contributed by atoms with E-state index in [1.54, 1.807) is 0 Å². The molecule has 0 spiro atoms. The average Bonchev–Trinajstić information content (AvgIpc) is 2.37. The van der Waals surface area contributed by atoms with Crippen LogP contribution in [0.2, 0.25) is 0 Å². The van der Waals surface area contributed by atoms with Crippen molar-refractivity contribution in [3.63, 3.8) is 0 Å². The van der Waals surface area contributed by atoms with Crippen molar-refractivity contribution in [1.29, 1.82) is 0 Å². The lowest BCUT2D eigenvalue weighted by Crippen LogP contribution is -2.74. The minimum atomic E-state index is -1.17. The number of hydrogen-bond donors (Lipinski definition) is 4. The van der Waals surface area contributed by atoms with E-state index in [-0.39, 0.29) is 30.4 Å². The van der Waals surface area contributed by atoms with Crippen LogP contribution in [0.5, 0.6) is 0 Å². The first kappa shape index (κ1) is 21.6. The largest absolute Gasteiger partial charge is 0.369 e. The van der Waals surface area contributed by atoms with Crippen LogP contribution in [0.25, 0.3) is 0 Å². The number of methoxy groups -OCH3 is 1. The van der Waals surface area contributed by atoms with Crippen LogP contribution >= 0.6 is 0 Å². The number of amides is 3. The molecule has 9 nitrogen and oxygen atoms in total. The van der Waals surface area contributed by atoms with Gasteiger partial charge in [-0.2, -0.15) is 0 Å². The van der Waals surface area contributed by atoms with Gasteiger partial charge in [-0.05, 0) is 34.6 Å². The highest BCUT2D eigenvalue weighted by molar-refractivity contribution is 6.06. The van der Waals surface area contributed by atoms with E-state index in [1.165, 1.54) is 7.11 Å². The topological polar surface area (TPSA) is 126 Å². The molecular formula is C18H33N5O4. The van der Waals surface area contributed by atoms with Gasteiger partial charge in [-0.1, -0.05) is 0 Å². The standard InChI is InChI=1S/C18H33N5O4/c1-15(2,3)21-14(26)18(27-6)10-23(11-18)9-16(4,5)22-13(25)17(12(19)24)7-20-8-17/h20H,7-11H2,1-6H3,(H2,19,24)(H,21,26)(H,22,25). The summed E-state index contributed by atoms with van der Waals surface area (Å²) in [5.74, 6) is -1.11. The second-order valence-electron chi connectivity index (χ2n) is 9.44. The highest BCUT2D eigenvalue weighted by atomic mass is 16.5. The molecule has 0 aromatic carbocycles. The van der Waals surface area contributed by atoms with E-state index < -0.39 is 22.5 Å². The SMILES string of the molecule is COC1(C(=O)NC(C)(C)C)CN(CC(C)(C)NC(=O)C2(C(N)=O)CNC2)C1. The summed E-state index contributed by atoms with van der Waals surface area (Å²) in [5, 5.41) is 8.82. The fourth-order valence-corrected chi connectivity index (χ4v) is 3.46. The molecule has 0 atom stereocenters. The van der Waals surface area contributed by atoms with Gasteiger partial charge < -0.3 is 26.4 Å². The van der Waals surface area contributed by atoms with E-state index in [9.17, 15) is 14.4 Å². The molecule has 0 radical (unpaired) electrons. The summed E-state index contributed by atoms with van der Waals surface area (Å²) in [6.45, 7) is 11.5. The third-order valence-corrected chi connectivity index (χ3v) is 5.08. The van der Waals surface area contributed by atoms with Crippen LogP contribution < -0.4 is 21.7 Å². The monoisotopic (exact) mass is 383 g/mol. The Morgan fingerprint density at radius 2 is 1.63 bits per heavy atom. The Labute approximate surface area is 160 Å². The van der Waals surface area contributed by atoms with Gasteiger partial charge in [0.15, 0.2) is 11.0 Å². The minimum Gasteiger partial charge on any atom is -0.369 e. The first-order chi connectivity index (χ1) is 12.3. The van der Waals surface area contributed by atoms with E-state index in [2.05, 4.69) is 16.0 Å². The van der Waals surface area contributed by atoms with Gasteiger partial charge in [0.05, 0.1) is 0 Å². The number of likely N-dealkylation sites (tertiary alicyclic amines) is 1. The third-order valence-electron chi connectivity index (χ3n) is 5.08. The van der Waals surface area contributed by atoms with Crippen LogP contribution in [-0.4, -0.2) is 79.1 Å². The predicted molar refractivity (Wildman–Crippen MR) is 101 cm³/mol. The number of rotatable bonds is 7. The average molecular weight is 383 g/mol. The summed E-state index contributed by atoms with van der Waals surface area (Å²) in [6, 6.07) is 0. The number of nitrogens with two attached hydrogens (primary N) is 1.